The Morgan fingerprint density at radius 3 is 2.28 bits per heavy atom. The van der Waals surface area contributed by atoms with Gasteiger partial charge in [0.05, 0.1) is 0 Å². The van der Waals surface area contributed by atoms with Crippen LogP contribution in [0, 0.1) is 5.92 Å². The lowest BCUT2D eigenvalue weighted by molar-refractivity contribution is 0.162. The van der Waals surface area contributed by atoms with Gasteiger partial charge >= 0.3 is 6.03 Å². The highest BCUT2D eigenvalue weighted by molar-refractivity contribution is 5.74. The Morgan fingerprint density at radius 2 is 1.78 bits per heavy atom. The van der Waals surface area contributed by atoms with Crippen LogP contribution < -0.4 is 5.73 Å². The van der Waals surface area contributed by atoms with Crippen LogP contribution in [-0.4, -0.2) is 48.6 Å². The van der Waals surface area contributed by atoms with E-state index in [1.807, 2.05) is 16.8 Å². The second kappa shape index (κ2) is 7.62. The first kappa shape index (κ1) is 15.3. The van der Waals surface area contributed by atoms with Gasteiger partial charge in [0.1, 0.15) is 0 Å². The number of rotatable bonds is 4. The lowest BCUT2D eigenvalue weighted by Gasteiger charge is -2.28. The summed E-state index contributed by atoms with van der Waals surface area (Å²) in [5.74, 6) is 0.478. The van der Waals surface area contributed by atoms with Crippen molar-refractivity contribution in [3.8, 4) is 0 Å². The lowest BCUT2D eigenvalue weighted by atomic mass is 10.0. The first-order valence-electron chi connectivity index (χ1n) is 7.28. The van der Waals surface area contributed by atoms with Crippen LogP contribution >= 0.6 is 0 Å². The van der Waals surface area contributed by atoms with Crippen molar-refractivity contribution in [3.63, 3.8) is 0 Å². The van der Waals surface area contributed by atoms with Gasteiger partial charge in [0.2, 0.25) is 0 Å². The maximum atomic E-state index is 12.2. The second-order valence-corrected chi connectivity index (χ2v) is 5.80. The molecule has 0 aliphatic carbocycles. The third kappa shape index (κ3) is 4.84. The minimum Gasteiger partial charge on any atom is -0.328 e. The quantitative estimate of drug-likeness (QED) is 0.838. The van der Waals surface area contributed by atoms with Gasteiger partial charge < -0.3 is 15.5 Å². The fraction of sp³-hybridized carbons (Fsp3) is 0.929. The van der Waals surface area contributed by atoms with Crippen LogP contribution in [0.2, 0.25) is 0 Å². The molecule has 1 unspecified atom stereocenters. The number of carbonyl (C=O) groups excluding carboxylic acids is 1. The first-order chi connectivity index (χ1) is 8.52. The van der Waals surface area contributed by atoms with Crippen molar-refractivity contribution in [2.75, 3.05) is 26.7 Å². The van der Waals surface area contributed by atoms with Gasteiger partial charge in [0, 0.05) is 32.7 Å². The van der Waals surface area contributed by atoms with Crippen LogP contribution in [0.3, 0.4) is 0 Å². The molecule has 2 N–H and O–H groups in total. The average Bonchev–Trinajstić information content (AvgIpc) is 2.63. The van der Waals surface area contributed by atoms with Crippen molar-refractivity contribution in [2.24, 2.45) is 11.7 Å². The van der Waals surface area contributed by atoms with E-state index in [0.717, 1.165) is 38.9 Å². The predicted octanol–water partition coefficient (Wildman–Crippen LogP) is 2.29. The van der Waals surface area contributed by atoms with E-state index in [9.17, 15) is 4.79 Å². The molecule has 0 bridgehead atoms. The summed E-state index contributed by atoms with van der Waals surface area (Å²) >= 11 is 0. The number of hydrogen-bond acceptors (Lipinski definition) is 2. The number of urea groups is 1. The molecule has 1 saturated heterocycles. The van der Waals surface area contributed by atoms with Gasteiger partial charge in [-0.15, -0.1) is 0 Å². The number of carbonyl (C=O) groups is 1. The van der Waals surface area contributed by atoms with E-state index >= 15 is 0 Å². The molecule has 1 aliphatic heterocycles. The fourth-order valence-electron chi connectivity index (χ4n) is 2.28. The third-order valence-electron chi connectivity index (χ3n) is 3.86. The Labute approximate surface area is 111 Å². The smallest absolute Gasteiger partial charge is 0.319 e. The molecule has 4 heteroatoms. The molecule has 2 amide bonds. The Kier molecular flexibility index (Phi) is 6.47. The highest BCUT2D eigenvalue weighted by Crippen LogP contribution is 2.12. The van der Waals surface area contributed by atoms with Crippen LogP contribution in [0.4, 0.5) is 4.79 Å². The molecule has 4 nitrogen and oxygen atoms in total. The minimum absolute atomic E-state index is 0.174. The highest BCUT2D eigenvalue weighted by atomic mass is 16.2. The van der Waals surface area contributed by atoms with E-state index < -0.39 is 0 Å². The molecule has 106 valence electrons. The molecule has 0 aromatic heterocycles. The predicted molar refractivity (Wildman–Crippen MR) is 75.5 cm³/mol. The number of nitrogens with two attached hydrogens (primary N) is 1. The van der Waals surface area contributed by atoms with Gasteiger partial charge in [-0.25, -0.2) is 4.79 Å². The second-order valence-electron chi connectivity index (χ2n) is 5.80. The lowest BCUT2D eigenvalue weighted by Crippen LogP contribution is -2.43. The maximum Gasteiger partial charge on any atom is 0.319 e. The van der Waals surface area contributed by atoms with Crippen molar-refractivity contribution in [1.29, 1.82) is 0 Å². The van der Waals surface area contributed by atoms with Crippen molar-refractivity contribution >= 4 is 6.03 Å². The van der Waals surface area contributed by atoms with Crippen LogP contribution in [0.25, 0.3) is 0 Å². The summed E-state index contributed by atoms with van der Waals surface area (Å²) < 4.78 is 0. The summed E-state index contributed by atoms with van der Waals surface area (Å²) in [6.45, 7) is 6.84. The van der Waals surface area contributed by atoms with Gasteiger partial charge in [-0.3, -0.25) is 0 Å². The Bertz CT molecular complexity index is 247. The Hall–Kier alpha value is -0.770. The van der Waals surface area contributed by atoms with E-state index in [-0.39, 0.29) is 12.1 Å². The van der Waals surface area contributed by atoms with Crippen LogP contribution in [0.15, 0.2) is 0 Å². The van der Waals surface area contributed by atoms with Gasteiger partial charge in [0.25, 0.3) is 0 Å². The number of likely N-dealkylation sites (tertiary alicyclic amines) is 1. The van der Waals surface area contributed by atoms with Crippen LogP contribution in [0.1, 0.15) is 46.0 Å². The topological polar surface area (TPSA) is 49.6 Å². The van der Waals surface area contributed by atoms with E-state index in [0.29, 0.717) is 5.92 Å². The van der Waals surface area contributed by atoms with Gasteiger partial charge in [-0.1, -0.05) is 26.7 Å². The molecule has 1 rings (SSSR count). The monoisotopic (exact) mass is 255 g/mol. The number of hydrogen-bond donors (Lipinski definition) is 1. The first-order valence-corrected chi connectivity index (χ1v) is 7.28. The van der Waals surface area contributed by atoms with Crippen molar-refractivity contribution < 1.29 is 4.79 Å². The molecule has 1 heterocycles. The highest BCUT2D eigenvalue weighted by Gasteiger charge is 2.19. The summed E-state index contributed by atoms with van der Waals surface area (Å²) in [6.07, 6.45) is 5.68. The van der Waals surface area contributed by atoms with E-state index in [4.69, 9.17) is 5.73 Å². The Balaban J connectivity index is 2.35. The third-order valence-corrected chi connectivity index (χ3v) is 3.86. The Morgan fingerprint density at radius 1 is 1.22 bits per heavy atom. The van der Waals surface area contributed by atoms with Crippen molar-refractivity contribution in [3.05, 3.63) is 0 Å². The summed E-state index contributed by atoms with van der Waals surface area (Å²) in [4.78, 5) is 16.1. The molecule has 18 heavy (non-hydrogen) atoms. The summed E-state index contributed by atoms with van der Waals surface area (Å²) in [7, 11) is 1.89. The summed E-state index contributed by atoms with van der Waals surface area (Å²) in [6, 6.07) is 0.359. The number of amides is 2. The normalized spacial score (nSPS) is 18.6. The standard InChI is InChI=1S/C14H29N3O/c1-12(2)13(15)8-11-16(3)14(18)17-9-6-4-5-7-10-17/h12-13H,4-11,15H2,1-3H3. The SMILES string of the molecule is CC(C)C(N)CCN(C)C(=O)N1CCCCCC1. The molecule has 1 atom stereocenters. The number of nitrogens with zero attached hydrogens (tertiary/aromatic N) is 2. The van der Waals surface area contributed by atoms with E-state index in [1.165, 1.54) is 12.8 Å². The largest absolute Gasteiger partial charge is 0.328 e. The molecule has 1 aliphatic rings. The maximum absolute atomic E-state index is 12.2. The van der Waals surface area contributed by atoms with Crippen LogP contribution in [-0.2, 0) is 0 Å². The van der Waals surface area contributed by atoms with Crippen molar-refractivity contribution in [1.82, 2.24) is 9.80 Å². The van der Waals surface area contributed by atoms with Gasteiger partial charge in [-0.05, 0) is 25.2 Å². The average molecular weight is 255 g/mol. The minimum atomic E-state index is 0.174. The molecule has 0 radical (unpaired) electrons. The summed E-state index contributed by atoms with van der Waals surface area (Å²) in [5, 5.41) is 0. The molecule has 1 fully saturated rings. The van der Waals surface area contributed by atoms with Gasteiger partial charge in [0.15, 0.2) is 0 Å². The molecular formula is C14H29N3O. The molecule has 0 saturated carbocycles. The fourth-order valence-corrected chi connectivity index (χ4v) is 2.28. The van der Waals surface area contributed by atoms with Crippen LogP contribution in [0.5, 0.6) is 0 Å². The zero-order chi connectivity index (χ0) is 13.5. The zero-order valence-corrected chi connectivity index (χ0v) is 12.2. The molecule has 0 aromatic rings. The van der Waals surface area contributed by atoms with E-state index in [1.54, 1.807) is 0 Å². The van der Waals surface area contributed by atoms with Gasteiger partial charge in [-0.2, -0.15) is 0 Å². The molecule has 0 aromatic carbocycles. The zero-order valence-electron chi connectivity index (χ0n) is 12.2. The van der Waals surface area contributed by atoms with Crippen molar-refractivity contribution in [2.45, 2.75) is 52.0 Å². The van der Waals surface area contributed by atoms with E-state index in [2.05, 4.69) is 13.8 Å². The molecule has 0 spiro atoms. The molecular weight excluding hydrogens is 226 g/mol. The summed E-state index contributed by atoms with van der Waals surface area (Å²) in [5.41, 5.74) is 6.02.